The van der Waals surface area contributed by atoms with Gasteiger partial charge in [0.1, 0.15) is 12.7 Å². The van der Waals surface area contributed by atoms with Crippen LogP contribution in [-0.2, 0) is 17.8 Å². The predicted octanol–water partition coefficient (Wildman–Crippen LogP) is 4.96. The van der Waals surface area contributed by atoms with E-state index in [4.69, 9.17) is 9.26 Å². The van der Waals surface area contributed by atoms with Crippen molar-refractivity contribution >= 4 is 22.5 Å². The first kappa shape index (κ1) is 31.0. The highest BCUT2D eigenvalue weighted by Gasteiger charge is 2.33. The second kappa shape index (κ2) is 12.8. The quantitative estimate of drug-likeness (QED) is 0.236. The average Bonchev–Trinajstić information content (AvgIpc) is 3.80. The van der Waals surface area contributed by atoms with Gasteiger partial charge in [0.15, 0.2) is 0 Å². The van der Waals surface area contributed by atoms with Crippen molar-refractivity contribution < 1.29 is 31.6 Å². The zero-order chi connectivity index (χ0) is 31.7. The van der Waals surface area contributed by atoms with E-state index in [0.717, 1.165) is 23.8 Å². The highest BCUT2D eigenvalue weighted by molar-refractivity contribution is 5.96. The Hall–Kier alpha value is -3.98. The lowest BCUT2D eigenvalue weighted by Gasteiger charge is -2.33. The Balaban J connectivity index is 1.19. The molecule has 1 saturated carbocycles. The van der Waals surface area contributed by atoms with Gasteiger partial charge in [0, 0.05) is 37.0 Å². The van der Waals surface area contributed by atoms with Gasteiger partial charge in [-0.05, 0) is 57.9 Å². The second-order valence-electron chi connectivity index (χ2n) is 11.7. The number of rotatable bonds is 10. The largest absolute Gasteiger partial charge is 0.406 e. The van der Waals surface area contributed by atoms with Crippen LogP contribution in [0.25, 0.3) is 22.4 Å². The van der Waals surface area contributed by atoms with Crippen LogP contribution < -0.4 is 10.6 Å². The molecule has 2 aliphatic rings. The number of nitrogens with one attached hydrogen (secondary N) is 2. The van der Waals surface area contributed by atoms with Crippen LogP contribution in [0.2, 0.25) is 0 Å². The summed E-state index contributed by atoms with van der Waals surface area (Å²) < 4.78 is 69.9. The molecule has 2 fully saturated rings. The number of piperidine rings is 1. The zero-order valence-electron chi connectivity index (χ0n) is 25.1. The third-order valence-electron chi connectivity index (χ3n) is 8.47. The summed E-state index contributed by atoms with van der Waals surface area (Å²) in [6, 6.07) is 6.06. The van der Waals surface area contributed by atoms with E-state index in [1.165, 1.54) is 6.20 Å². The maximum absolute atomic E-state index is 14.8. The Kier molecular flexibility index (Phi) is 8.82. The fourth-order valence-corrected chi connectivity index (χ4v) is 6.31. The van der Waals surface area contributed by atoms with Gasteiger partial charge in [-0.3, -0.25) is 9.48 Å². The van der Waals surface area contributed by atoms with Crippen LogP contribution in [0.1, 0.15) is 54.9 Å². The molecule has 1 aliphatic heterocycles. The number of carbonyl (C=O) groups excluding carboxylic acids is 1. The first-order chi connectivity index (χ1) is 21.6. The third kappa shape index (κ3) is 6.83. The SMILES string of the molecule is CCO[C@H]1CCC[C@@H]1n1cc(C(=O)NCc2nc(-c3cc4c(N[C@@H]5CCN(C)C[C@@H]5F)cccc4n3CC(F)(F)F)no2)cn1. The van der Waals surface area contributed by atoms with Gasteiger partial charge in [0.25, 0.3) is 5.91 Å². The molecule has 4 aromatic rings. The molecule has 0 radical (unpaired) electrons. The first-order valence-corrected chi connectivity index (χ1v) is 15.1. The maximum atomic E-state index is 14.8. The molecule has 242 valence electrons. The van der Waals surface area contributed by atoms with Crippen molar-refractivity contribution in [1.82, 2.24) is 34.7 Å². The van der Waals surface area contributed by atoms with Crippen LogP contribution >= 0.6 is 0 Å². The normalized spacial score (nSPS) is 22.7. The van der Waals surface area contributed by atoms with E-state index in [0.29, 0.717) is 41.7 Å². The van der Waals surface area contributed by atoms with Crippen molar-refractivity contribution in [3.63, 3.8) is 0 Å². The van der Waals surface area contributed by atoms with Crippen LogP contribution in [0.4, 0.5) is 23.2 Å². The van der Waals surface area contributed by atoms with Gasteiger partial charge in [-0.2, -0.15) is 23.3 Å². The highest BCUT2D eigenvalue weighted by Crippen LogP contribution is 2.35. The Morgan fingerprint density at radius 1 is 1.22 bits per heavy atom. The Bertz CT molecular complexity index is 1630. The molecule has 1 saturated heterocycles. The van der Waals surface area contributed by atoms with Crippen LogP contribution in [0.3, 0.4) is 0 Å². The van der Waals surface area contributed by atoms with Crippen molar-refractivity contribution in [2.24, 2.45) is 0 Å². The van der Waals surface area contributed by atoms with E-state index in [1.807, 2.05) is 18.9 Å². The Morgan fingerprint density at radius 3 is 2.84 bits per heavy atom. The number of anilines is 1. The van der Waals surface area contributed by atoms with Crippen molar-refractivity contribution in [3.8, 4) is 11.5 Å². The van der Waals surface area contributed by atoms with Gasteiger partial charge < -0.3 is 29.4 Å². The van der Waals surface area contributed by atoms with E-state index >= 15 is 0 Å². The first-order valence-electron chi connectivity index (χ1n) is 15.1. The van der Waals surface area contributed by atoms with Gasteiger partial charge in [-0.25, -0.2) is 4.39 Å². The maximum Gasteiger partial charge on any atom is 0.406 e. The van der Waals surface area contributed by atoms with Crippen molar-refractivity contribution in [2.75, 3.05) is 32.1 Å². The van der Waals surface area contributed by atoms with Gasteiger partial charge in [0.2, 0.25) is 11.7 Å². The summed E-state index contributed by atoms with van der Waals surface area (Å²) in [5, 5.41) is 14.7. The van der Waals surface area contributed by atoms with Crippen molar-refractivity contribution in [1.29, 1.82) is 0 Å². The summed E-state index contributed by atoms with van der Waals surface area (Å²) in [5.41, 5.74) is 1.25. The molecule has 4 atom stereocenters. The summed E-state index contributed by atoms with van der Waals surface area (Å²) >= 11 is 0. The lowest BCUT2D eigenvalue weighted by atomic mass is 10.0. The average molecular weight is 633 g/mol. The number of benzene rings is 1. The third-order valence-corrected chi connectivity index (χ3v) is 8.47. The Labute approximate surface area is 256 Å². The van der Waals surface area contributed by atoms with E-state index in [2.05, 4.69) is 25.9 Å². The predicted molar refractivity (Wildman–Crippen MR) is 157 cm³/mol. The number of alkyl halides is 4. The van der Waals surface area contributed by atoms with E-state index in [1.54, 1.807) is 35.1 Å². The molecule has 1 amide bonds. The van der Waals surface area contributed by atoms with E-state index in [9.17, 15) is 22.4 Å². The minimum absolute atomic E-state index is 0.0201. The number of amides is 1. The molecule has 2 N–H and O–H groups in total. The summed E-state index contributed by atoms with van der Waals surface area (Å²) in [5.74, 6) is -0.454. The lowest BCUT2D eigenvalue weighted by molar-refractivity contribution is -0.139. The number of aromatic nitrogens is 5. The standard InChI is InChI=1S/C30H36F4N8O3/c1-3-44-26-9-5-8-24(26)42-15-18(13-36-42)29(43)35-14-27-38-28(39-45-27)25-12-19-21(37-22-10-11-40(2)16-20(22)31)6-4-7-23(19)41(25)17-30(32,33)34/h4,6-7,12-13,15,20,22,24,26,37H,3,5,8-11,14,16-17H2,1-2H3,(H,35,43)/t20-,22+,24-,26-/m0/s1. The molecule has 0 bridgehead atoms. The number of hydrogen-bond donors (Lipinski definition) is 2. The second-order valence-corrected chi connectivity index (χ2v) is 11.7. The van der Waals surface area contributed by atoms with Crippen LogP contribution in [0, 0.1) is 0 Å². The van der Waals surface area contributed by atoms with Crippen LogP contribution in [0.15, 0.2) is 41.2 Å². The summed E-state index contributed by atoms with van der Waals surface area (Å²) in [6.45, 7) is 2.10. The smallest absolute Gasteiger partial charge is 0.379 e. The number of carbonyl (C=O) groups is 1. The van der Waals surface area contributed by atoms with E-state index in [-0.39, 0.29) is 42.6 Å². The number of fused-ring (bicyclic) bond motifs is 1. The van der Waals surface area contributed by atoms with Gasteiger partial charge >= 0.3 is 6.18 Å². The molecule has 0 unspecified atom stereocenters. The van der Waals surface area contributed by atoms with Gasteiger partial charge in [-0.1, -0.05) is 11.2 Å². The molecule has 0 spiro atoms. The molecular formula is C30H36F4N8O3. The summed E-state index contributed by atoms with van der Waals surface area (Å²) in [4.78, 5) is 19.0. The number of nitrogens with zero attached hydrogens (tertiary/aromatic N) is 6. The molecule has 11 nitrogen and oxygen atoms in total. The number of likely N-dealkylation sites (tertiary alicyclic amines) is 1. The van der Waals surface area contributed by atoms with Gasteiger partial charge in [-0.15, -0.1) is 0 Å². The lowest BCUT2D eigenvalue weighted by Crippen LogP contribution is -2.46. The molecular weight excluding hydrogens is 596 g/mol. The molecule has 1 aliphatic carbocycles. The fraction of sp³-hybridized carbons (Fsp3) is 0.533. The minimum Gasteiger partial charge on any atom is -0.379 e. The minimum atomic E-state index is -4.53. The molecule has 1 aromatic carbocycles. The highest BCUT2D eigenvalue weighted by atomic mass is 19.4. The topological polar surface area (TPSA) is 115 Å². The van der Waals surface area contributed by atoms with Gasteiger partial charge in [0.05, 0.1) is 47.7 Å². The van der Waals surface area contributed by atoms with Crippen LogP contribution in [0.5, 0.6) is 0 Å². The molecule has 6 rings (SSSR count). The summed E-state index contributed by atoms with van der Waals surface area (Å²) in [7, 11) is 1.85. The number of hydrogen-bond acceptors (Lipinski definition) is 8. The molecule has 3 aromatic heterocycles. The molecule has 15 heteroatoms. The number of ether oxygens (including phenoxy) is 1. The molecule has 4 heterocycles. The number of halogens is 4. The monoisotopic (exact) mass is 632 g/mol. The van der Waals surface area contributed by atoms with Crippen LogP contribution in [-0.4, -0.2) is 86.5 Å². The summed E-state index contributed by atoms with van der Waals surface area (Å²) in [6.07, 6.45) is 0.972. The van der Waals surface area contributed by atoms with E-state index < -0.39 is 30.8 Å². The fourth-order valence-electron chi connectivity index (χ4n) is 6.31. The molecule has 45 heavy (non-hydrogen) atoms. The van der Waals surface area contributed by atoms with Crippen molar-refractivity contribution in [2.45, 2.75) is 76.2 Å². The zero-order valence-corrected chi connectivity index (χ0v) is 25.1. The van der Waals surface area contributed by atoms with Crippen molar-refractivity contribution in [3.05, 3.63) is 48.1 Å². The Morgan fingerprint density at radius 2 is 2.07 bits per heavy atom.